The van der Waals surface area contributed by atoms with E-state index in [0.29, 0.717) is 6.04 Å². The van der Waals surface area contributed by atoms with Crippen molar-refractivity contribution in [3.8, 4) is 0 Å². The average Bonchev–Trinajstić information content (AvgIpc) is 3.14. The summed E-state index contributed by atoms with van der Waals surface area (Å²) in [5, 5.41) is 4.91. The third-order valence-electron chi connectivity index (χ3n) is 4.57. The lowest BCUT2D eigenvalue weighted by molar-refractivity contribution is 0.482. The molecule has 1 aromatic rings. The van der Waals surface area contributed by atoms with Crippen molar-refractivity contribution in [1.82, 2.24) is 10.3 Å². The van der Waals surface area contributed by atoms with E-state index in [1.165, 1.54) is 54.4 Å². The van der Waals surface area contributed by atoms with Crippen molar-refractivity contribution in [2.24, 2.45) is 0 Å². The van der Waals surface area contributed by atoms with Crippen molar-refractivity contribution in [3.05, 3.63) is 10.6 Å². The normalized spacial score (nSPS) is 23.6. The summed E-state index contributed by atoms with van der Waals surface area (Å²) >= 11 is 1.92. The van der Waals surface area contributed by atoms with E-state index in [1.807, 2.05) is 11.3 Å². The van der Waals surface area contributed by atoms with Gasteiger partial charge in [0.1, 0.15) is 0 Å². The fraction of sp³-hybridized carbons (Fsp3) is 0.824. The summed E-state index contributed by atoms with van der Waals surface area (Å²) in [7, 11) is 0. The van der Waals surface area contributed by atoms with Crippen LogP contribution in [-0.2, 0) is 12.0 Å². The monoisotopic (exact) mass is 307 g/mol. The molecule has 1 aliphatic carbocycles. The van der Waals surface area contributed by atoms with Crippen molar-refractivity contribution in [1.29, 1.82) is 0 Å². The van der Waals surface area contributed by atoms with E-state index in [2.05, 4.69) is 37.9 Å². The van der Waals surface area contributed by atoms with Crippen LogP contribution in [0.15, 0.2) is 0 Å². The average molecular weight is 308 g/mol. The lowest BCUT2D eigenvalue weighted by Gasteiger charge is -2.33. The lowest BCUT2D eigenvalue weighted by Crippen LogP contribution is -2.37. The fourth-order valence-corrected chi connectivity index (χ4v) is 4.42. The summed E-state index contributed by atoms with van der Waals surface area (Å²) in [5.74, 6) is 0. The Balaban J connectivity index is 1.83. The molecule has 21 heavy (non-hydrogen) atoms. The zero-order valence-corrected chi connectivity index (χ0v) is 14.7. The zero-order chi connectivity index (χ0) is 15.0. The maximum Gasteiger partial charge on any atom is 0.186 e. The van der Waals surface area contributed by atoms with Gasteiger partial charge in [0.05, 0.1) is 5.69 Å². The second-order valence-corrected chi connectivity index (χ2v) is 8.77. The minimum absolute atomic E-state index is 0.133. The molecule has 2 aliphatic rings. The zero-order valence-electron chi connectivity index (χ0n) is 13.9. The number of nitrogens with one attached hydrogen (secondary N) is 1. The van der Waals surface area contributed by atoms with Crippen LogP contribution in [0.25, 0.3) is 0 Å². The van der Waals surface area contributed by atoms with Crippen LogP contribution in [0.3, 0.4) is 0 Å². The first-order valence-electron chi connectivity index (χ1n) is 8.45. The summed E-state index contributed by atoms with van der Waals surface area (Å²) in [4.78, 5) is 9.04. The number of hydrogen-bond acceptors (Lipinski definition) is 4. The Morgan fingerprint density at radius 3 is 2.62 bits per heavy atom. The number of thiazole rings is 1. The van der Waals surface area contributed by atoms with E-state index in [1.54, 1.807) is 0 Å². The van der Waals surface area contributed by atoms with Crippen molar-refractivity contribution in [2.45, 2.75) is 83.8 Å². The number of hydrogen-bond donors (Lipinski definition) is 1. The van der Waals surface area contributed by atoms with Crippen molar-refractivity contribution in [3.63, 3.8) is 0 Å². The molecule has 1 atom stereocenters. The van der Waals surface area contributed by atoms with Crippen LogP contribution >= 0.6 is 11.3 Å². The molecule has 3 nitrogen and oxygen atoms in total. The van der Waals surface area contributed by atoms with E-state index in [0.717, 1.165) is 12.6 Å². The first-order valence-corrected chi connectivity index (χ1v) is 9.27. The van der Waals surface area contributed by atoms with Gasteiger partial charge in [-0.25, -0.2) is 4.98 Å². The topological polar surface area (TPSA) is 28.2 Å². The Morgan fingerprint density at radius 1 is 1.24 bits per heavy atom. The van der Waals surface area contributed by atoms with E-state index >= 15 is 0 Å². The number of piperidine rings is 1. The molecular formula is C17H29N3S. The molecule has 3 rings (SSSR count). The molecule has 1 aromatic heterocycles. The van der Waals surface area contributed by atoms with Gasteiger partial charge in [-0.2, -0.15) is 0 Å². The SMILES string of the molecule is CC1CCCCN1c1nc(C(C)(C)C)c(CNC2CC2)s1. The molecule has 1 unspecified atom stereocenters. The minimum Gasteiger partial charge on any atom is -0.345 e. The first-order chi connectivity index (χ1) is 9.95. The van der Waals surface area contributed by atoms with Crippen molar-refractivity contribution < 1.29 is 0 Å². The third kappa shape index (κ3) is 3.59. The smallest absolute Gasteiger partial charge is 0.186 e. The minimum atomic E-state index is 0.133. The highest BCUT2D eigenvalue weighted by molar-refractivity contribution is 7.15. The molecular weight excluding hydrogens is 278 g/mol. The predicted octanol–water partition coefficient (Wildman–Crippen LogP) is 4.07. The lowest BCUT2D eigenvalue weighted by atomic mass is 9.91. The Hall–Kier alpha value is -0.610. The van der Waals surface area contributed by atoms with Crippen LogP contribution in [0.4, 0.5) is 5.13 Å². The van der Waals surface area contributed by atoms with Gasteiger partial charge < -0.3 is 10.2 Å². The van der Waals surface area contributed by atoms with Gasteiger partial charge in [0, 0.05) is 35.5 Å². The molecule has 1 aliphatic heterocycles. The number of nitrogens with zero attached hydrogens (tertiary/aromatic N) is 2. The molecule has 0 aromatic carbocycles. The molecule has 4 heteroatoms. The first kappa shape index (κ1) is 15.3. The molecule has 1 saturated carbocycles. The molecule has 1 N–H and O–H groups in total. The van der Waals surface area contributed by atoms with E-state index in [4.69, 9.17) is 4.98 Å². The Morgan fingerprint density at radius 2 is 2.00 bits per heavy atom. The molecule has 0 bridgehead atoms. The summed E-state index contributed by atoms with van der Waals surface area (Å²) < 4.78 is 0. The van der Waals surface area contributed by atoms with Crippen molar-refractivity contribution in [2.75, 3.05) is 11.4 Å². The predicted molar refractivity (Wildman–Crippen MR) is 91.3 cm³/mol. The highest BCUT2D eigenvalue weighted by Gasteiger charge is 2.29. The summed E-state index contributed by atoms with van der Waals surface area (Å²) in [6.07, 6.45) is 6.68. The van der Waals surface area contributed by atoms with Gasteiger partial charge in [0.2, 0.25) is 0 Å². The van der Waals surface area contributed by atoms with Crippen LogP contribution in [0.5, 0.6) is 0 Å². The van der Waals surface area contributed by atoms with E-state index in [-0.39, 0.29) is 5.41 Å². The molecule has 118 valence electrons. The van der Waals surface area contributed by atoms with Gasteiger partial charge in [-0.3, -0.25) is 0 Å². The molecule has 2 fully saturated rings. The highest BCUT2D eigenvalue weighted by atomic mass is 32.1. The highest BCUT2D eigenvalue weighted by Crippen LogP contribution is 2.36. The van der Waals surface area contributed by atoms with Gasteiger partial charge in [-0.1, -0.05) is 20.8 Å². The van der Waals surface area contributed by atoms with Crippen LogP contribution in [0, 0.1) is 0 Å². The van der Waals surface area contributed by atoms with Gasteiger partial charge in [-0.05, 0) is 39.0 Å². The number of anilines is 1. The molecule has 0 spiro atoms. The van der Waals surface area contributed by atoms with Crippen LogP contribution < -0.4 is 10.2 Å². The fourth-order valence-electron chi connectivity index (χ4n) is 3.07. The molecule has 0 radical (unpaired) electrons. The van der Waals surface area contributed by atoms with Gasteiger partial charge in [0.15, 0.2) is 5.13 Å². The molecule has 1 saturated heterocycles. The van der Waals surface area contributed by atoms with Gasteiger partial charge in [0.25, 0.3) is 0 Å². The molecule has 2 heterocycles. The Kier molecular flexibility index (Phi) is 4.28. The van der Waals surface area contributed by atoms with Crippen molar-refractivity contribution >= 4 is 16.5 Å². The quantitative estimate of drug-likeness (QED) is 0.909. The number of aromatic nitrogens is 1. The van der Waals surface area contributed by atoms with E-state index in [9.17, 15) is 0 Å². The second-order valence-electron chi connectivity index (χ2n) is 7.71. The van der Waals surface area contributed by atoms with E-state index < -0.39 is 0 Å². The van der Waals surface area contributed by atoms with Gasteiger partial charge in [-0.15, -0.1) is 11.3 Å². The maximum absolute atomic E-state index is 5.06. The van der Waals surface area contributed by atoms with Crippen LogP contribution in [-0.4, -0.2) is 23.6 Å². The summed E-state index contributed by atoms with van der Waals surface area (Å²) in [6, 6.07) is 1.40. The Labute approximate surface area is 133 Å². The maximum atomic E-state index is 5.06. The standard InChI is InChI=1S/C17H29N3S/c1-12-7-5-6-10-20(12)16-19-15(17(2,3)4)14(21-16)11-18-13-8-9-13/h12-13,18H,5-11H2,1-4H3. The summed E-state index contributed by atoms with van der Waals surface area (Å²) in [5.41, 5.74) is 1.43. The summed E-state index contributed by atoms with van der Waals surface area (Å²) in [6.45, 7) is 11.4. The van der Waals surface area contributed by atoms with Gasteiger partial charge >= 0.3 is 0 Å². The largest absolute Gasteiger partial charge is 0.345 e. The number of rotatable bonds is 4. The molecule has 0 amide bonds. The van der Waals surface area contributed by atoms with Crippen LogP contribution in [0.1, 0.15) is 70.4 Å². The van der Waals surface area contributed by atoms with Crippen LogP contribution in [0.2, 0.25) is 0 Å². The Bertz CT molecular complexity index is 485. The second kappa shape index (κ2) is 5.88. The third-order valence-corrected chi connectivity index (χ3v) is 5.67.